The van der Waals surface area contributed by atoms with Gasteiger partial charge in [-0.3, -0.25) is 0 Å². The van der Waals surface area contributed by atoms with Crippen molar-refractivity contribution in [2.75, 3.05) is 13.7 Å². The van der Waals surface area contributed by atoms with Crippen molar-refractivity contribution in [1.82, 2.24) is 5.32 Å². The lowest BCUT2D eigenvalue weighted by Crippen LogP contribution is -2.27. The Labute approximate surface area is 108 Å². The maximum Gasteiger partial charge on any atom is 0.337 e. The summed E-state index contributed by atoms with van der Waals surface area (Å²) in [6.45, 7) is 5.08. The standard InChI is InChI=1S/C14H18N2O2/c1-14(2,9-15)10-16-8-11-4-6-12(7-5-11)13(17)18-3/h4-7,16H,8,10H2,1-3H3. The molecule has 0 amide bonds. The fourth-order valence-electron chi connectivity index (χ4n) is 1.44. The van der Waals surface area contributed by atoms with Crippen molar-refractivity contribution in [1.29, 1.82) is 5.26 Å². The number of rotatable bonds is 5. The lowest BCUT2D eigenvalue weighted by atomic mass is 9.96. The van der Waals surface area contributed by atoms with Crippen LogP contribution in [0.1, 0.15) is 29.8 Å². The summed E-state index contributed by atoms with van der Waals surface area (Å²) in [5.74, 6) is -0.333. The molecule has 4 nitrogen and oxygen atoms in total. The van der Waals surface area contributed by atoms with Crippen molar-refractivity contribution in [2.24, 2.45) is 5.41 Å². The number of benzene rings is 1. The molecule has 4 heteroatoms. The summed E-state index contributed by atoms with van der Waals surface area (Å²) in [6.07, 6.45) is 0. The normalized spacial score (nSPS) is 10.8. The maximum absolute atomic E-state index is 11.2. The molecule has 0 unspecified atom stereocenters. The summed E-state index contributed by atoms with van der Waals surface area (Å²) in [5.41, 5.74) is 1.24. The fraction of sp³-hybridized carbons (Fsp3) is 0.429. The third-order valence-electron chi connectivity index (χ3n) is 2.57. The Morgan fingerprint density at radius 3 is 2.50 bits per heavy atom. The molecule has 0 aromatic heterocycles. The lowest BCUT2D eigenvalue weighted by Gasteiger charge is -2.15. The van der Waals surface area contributed by atoms with Gasteiger partial charge in [0.2, 0.25) is 0 Å². The van der Waals surface area contributed by atoms with Crippen molar-refractivity contribution in [3.05, 3.63) is 35.4 Å². The lowest BCUT2D eigenvalue weighted by molar-refractivity contribution is 0.0600. The first-order valence-electron chi connectivity index (χ1n) is 5.78. The highest BCUT2D eigenvalue weighted by Gasteiger charge is 2.15. The van der Waals surface area contributed by atoms with Crippen molar-refractivity contribution in [2.45, 2.75) is 20.4 Å². The Morgan fingerprint density at radius 1 is 1.39 bits per heavy atom. The number of carbonyl (C=O) groups excluding carboxylic acids is 1. The zero-order valence-electron chi connectivity index (χ0n) is 11.0. The zero-order chi connectivity index (χ0) is 13.6. The van der Waals surface area contributed by atoms with Crippen LogP contribution in [0.3, 0.4) is 0 Å². The van der Waals surface area contributed by atoms with E-state index in [0.29, 0.717) is 18.7 Å². The molecule has 0 heterocycles. The van der Waals surface area contributed by atoms with Gasteiger partial charge in [0.15, 0.2) is 0 Å². The molecule has 0 aliphatic rings. The van der Waals surface area contributed by atoms with Gasteiger partial charge in [-0.2, -0.15) is 5.26 Å². The third kappa shape index (κ3) is 4.19. The highest BCUT2D eigenvalue weighted by atomic mass is 16.5. The summed E-state index contributed by atoms with van der Waals surface area (Å²) in [6, 6.07) is 9.45. The van der Waals surface area contributed by atoms with E-state index in [-0.39, 0.29) is 11.4 Å². The SMILES string of the molecule is COC(=O)c1ccc(CNCC(C)(C)C#N)cc1. The van der Waals surface area contributed by atoms with Crippen molar-refractivity contribution >= 4 is 5.97 Å². The molecule has 0 aliphatic carbocycles. The number of hydrogen-bond acceptors (Lipinski definition) is 4. The molecule has 0 spiro atoms. The first-order valence-corrected chi connectivity index (χ1v) is 5.78. The van der Waals surface area contributed by atoms with Crippen LogP contribution in [-0.4, -0.2) is 19.6 Å². The summed E-state index contributed by atoms with van der Waals surface area (Å²) >= 11 is 0. The molecular weight excluding hydrogens is 228 g/mol. The van der Waals surface area contributed by atoms with E-state index in [0.717, 1.165) is 5.56 Å². The number of hydrogen-bond donors (Lipinski definition) is 1. The molecule has 0 saturated heterocycles. The number of nitrogens with one attached hydrogen (secondary N) is 1. The second kappa shape index (κ2) is 6.18. The van der Waals surface area contributed by atoms with E-state index >= 15 is 0 Å². The topological polar surface area (TPSA) is 62.1 Å². The number of ether oxygens (including phenoxy) is 1. The minimum Gasteiger partial charge on any atom is -0.465 e. The zero-order valence-corrected chi connectivity index (χ0v) is 11.0. The molecule has 0 aliphatic heterocycles. The number of methoxy groups -OCH3 is 1. The van der Waals surface area contributed by atoms with Gasteiger partial charge in [-0.05, 0) is 31.5 Å². The van der Waals surface area contributed by atoms with Crippen LogP contribution in [-0.2, 0) is 11.3 Å². The van der Waals surface area contributed by atoms with E-state index in [1.165, 1.54) is 7.11 Å². The highest BCUT2D eigenvalue weighted by molar-refractivity contribution is 5.89. The quantitative estimate of drug-likeness (QED) is 0.808. The van der Waals surface area contributed by atoms with E-state index in [2.05, 4.69) is 16.1 Å². The van der Waals surface area contributed by atoms with E-state index in [4.69, 9.17) is 5.26 Å². The van der Waals surface area contributed by atoms with Gasteiger partial charge in [0.05, 0.1) is 24.2 Å². The van der Waals surface area contributed by atoms with E-state index in [1.807, 2.05) is 26.0 Å². The smallest absolute Gasteiger partial charge is 0.337 e. The van der Waals surface area contributed by atoms with Gasteiger partial charge >= 0.3 is 5.97 Å². The van der Waals surface area contributed by atoms with E-state index < -0.39 is 0 Å². The predicted octanol–water partition coefficient (Wildman–Crippen LogP) is 2.11. The summed E-state index contributed by atoms with van der Waals surface area (Å²) in [4.78, 5) is 11.2. The fourth-order valence-corrected chi connectivity index (χ4v) is 1.44. The van der Waals surface area contributed by atoms with Crippen molar-refractivity contribution in [3.63, 3.8) is 0 Å². The molecule has 0 saturated carbocycles. The first-order chi connectivity index (χ1) is 8.48. The average molecular weight is 246 g/mol. The minimum atomic E-state index is -0.369. The predicted molar refractivity (Wildman–Crippen MR) is 68.9 cm³/mol. The molecule has 1 N–H and O–H groups in total. The Kier molecular flexibility index (Phi) is 4.87. The number of esters is 1. The molecule has 18 heavy (non-hydrogen) atoms. The van der Waals surface area contributed by atoms with Gasteiger partial charge in [-0.15, -0.1) is 0 Å². The molecule has 0 atom stereocenters. The number of nitrogens with zero attached hydrogens (tertiary/aromatic N) is 1. The van der Waals surface area contributed by atoms with Gasteiger partial charge in [-0.25, -0.2) is 4.79 Å². The summed E-state index contributed by atoms with van der Waals surface area (Å²) in [5, 5.41) is 12.1. The van der Waals surface area contributed by atoms with Crippen LogP contribution in [0.5, 0.6) is 0 Å². The molecule has 96 valence electrons. The van der Waals surface area contributed by atoms with Crippen LogP contribution in [0.25, 0.3) is 0 Å². The number of nitriles is 1. The molecule has 0 radical (unpaired) electrons. The second-order valence-corrected chi connectivity index (χ2v) is 4.79. The molecule has 1 rings (SSSR count). The van der Waals surface area contributed by atoms with Crippen LogP contribution in [0.2, 0.25) is 0 Å². The van der Waals surface area contributed by atoms with Gasteiger partial charge in [0.25, 0.3) is 0 Å². The van der Waals surface area contributed by atoms with Crippen LogP contribution in [0.15, 0.2) is 24.3 Å². The molecule has 0 bridgehead atoms. The monoisotopic (exact) mass is 246 g/mol. The average Bonchev–Trinajstić information content (AvgIpc) is 2.38. The number of carbonyl (C=O) groups is 1. The molecule has 0 fully saturated rings. The Balaban J connectivity index is 2.50. The Morgan fingerprint density at radius 2 is 2.00 bits per heavy atom. The third-order valence-corrected chi connectivity index (χ3v) is 2.57. The van der Waals surface area contributed by atoms with E-state index in [1.54, 1.807) is 12.1 Å². The van der Waals surface area contributed by atoms with Crippen LogP contribution in [0.4, 0.5) is 0 Å². The summed E-state index contributed by atoms with van der Waals surface area (Å²) < 4.78 is 4.63. The molecule has 1 aromatic rings. The Hall–Kier alpha value is -1.86. The van der Waals surface area contributed by atoms with Gasteiger partial charge < -0.3 is 10.1 Å². The van der Waals surface area contributed by atoms with Crippen molar-refractivity contribution < 1.29 is 9.53 Å². The second-order valence-electron chi connectivity index (χ2n) is 4.79. The maximum atomic E-state index is 11.2. The van der Waals surface area contributed by atoms with Gasteiger partial charge in [-0.1, -0.05) is 12.1 Å². The van der Waals surface area contributed by atoms with Gasteiger partial charge in [0, 0.05) is 13.1 Å². The van der Waals surface area contributed by atoms with Gasteiger partial charge in [0.1, 0.15) is 0 Å². The Bertz CT molecular complexity index is 444. The molecule has 1 aromatic carbocycles. The largest absolute Gasteiger partial charge is 0.465 e. The summed E-state index contributed by atoms with van der Waals surface area (Å²) in [7, 11) is 1.36. The molecular formula is C14H18N2O2. The van der Waals surface area contributed by atoms with Crippen LogP contribution < -0.4 is 5.32 Å². The first kappa shape index (κ1) is 14.2. The van der Waals surface area contributed by atoms with Crippen LogP contribution >= 0.6 is 0 Å². The van der Waals surface area contributed by atoms with Crippen molar-refractivity contribution in [3.8, 4) is 6.07 Å². The van der Waals surface area contributed by atoms with E-state index in [9.17, 15) is 4.79 Å². The minimum absolute atomic E-state index is 0.333. The van der Waals surface area contributed by atoms with Crippen LogP contribution in [0, 0.1) is 16.7 Å². The highest BCUT2D eigenvalue weighted by Crippen LogP contribution is 2.11.